The molecule has 1 heterocycles. The van der Waals surface area contributed by atoms with E-state index in [1.165, 1.54) is 11.6 Å². The summed E-state index contributed by atoms with van der Waals surface area (Å²) in [6.45, 7) is 0. The third kappa shape index (κ3) is 1.65. The Kier molecular flexibility index (Phi) is 2.42. The largest absolute Gasteiger partial charge is 0.342 e. The average Bonchev–Trinajstić information content (AvgIpc) is 2.33. The Labute approximate surface area is 100 Å². The zero-order chi connectivity index (χ0) is 12.0. The van der Waals surface area contributed by atoms with Gasteiger partial charge in [-0.1, -0.05) is 6.07 Å². The van der Waals surface area contributed by atoms with Gasteiger partial charge in [0, 0.05) is 25.4 Å². The zero-order valence-corrected chi connectivity index (χ0v) is 9.95. The number of likely N-dealkylation sites (tertiary alicyclic amines) is 1. The first-order valence-corrected chi connectivity index (χ1v) is 6.21. The Morgan fingerprint density at radius 3 is 2.94 bits per heavy atom. The highest BCUT2D eigenvalue weighted by molar-refractivity contribution is 5.77. The molecule has 2 atom stereocenters. The summed E-state index contributed by atoms with van der Waals surface area (Å²) in [6.07, 6.45) is 3.37. The number of hydrogen-bond donors (Lipinski definition) is 0. The number of fused-ring (bicyclic) bond motifs is 3. The minimum atomic E-state index is -0.151. The minimum absolute atomic E-state index is 0.151. The molecule has 3 rings (SSSR count). The van der Waals surface area contributed by atoms with Gasteiger partial charge in [0.1, 0.15) is 5.82 Å². The van der Waals surface area contributed by atoms with Gasteiger partial charge in [-0.25, -0.2) is 4.39 Å². The van der Waals surface area contributed by atoms with Crippen LogP contribution in [-0.4, -0.2) is 23.9 Å². The number of nitrogens with zero attached hydrogens (tertiary/aromatic N) is 1. The molecule has 90 valence electrons. The van der Waals surface area contributed by atoms with Crippen LogP contribution in [0.15, 0.2) is 18.2 Å². The fourth-order valence-corrected chi connectivity index (χ4v) is 3.32. The fourth-order valence-electron chi connectivity index (χ4n) is 3.32. The lowest BCUT2D eigenvalue weighted by Gasteiger charge is -2.43. The number of rotatable bonds is 0. The number of carbonyl (C=O) groups is 1. The number of halogens is 1. The van der Waals surface area contributed by atoms with Crippen LogP contribution in [0, 0.1) is 5.82 Å². The predicted molar refractivity (Wildman–Crippen MR) is 63.3 cm³/mol. The highest BCUT2D eigenvalue weighted by atomic mass is 19.1. The van der Waals surface area contributed by atoms with Crippen molar-refractivity contribution in [2.24, 2.45) is 0 Å². The molecule has 1 aliphatic heterocycles. The Bertz CT molecular complexity index is 471. The van der Waals surface area contributed by atoms with Crippen molar-refractivity contribution in [3.8, 4) is 0 Å². The molecule has 0 unspecified atom stereocenters. The first-order valence-electron chi connectivity index (χ1n) is 6.21. The van der Waals surface area contributed by atoms with E-state index >= 15 is 0 Å². The van der Waals surface area contributed by atoms with Crippen molar-refractivity contribution in [2.45, 2.75) is 37.6 Å². The molecular formula is C14H16FNO. The molecular weight excluding hydrogens is 217 g/mol. The van der Waals surface area contributed by atoms with Gasteiger partial charge in [0.15, 0.2) is 0 Å². The van der Waals surface area contributed by atoms with Crippen molar-refractivity contribution in [1.29, 1.82) is 0 Å². The Morgan fingerprint density at radius 1 is 1.29 bits per heavy atom. The lowest BCUT2D eigenvalue weighted by Crippen LogP contribution is -2.47. The number of carbonyl (C=O) groups excluding carboxylic acids is 1. The van der Waals surface area contributed by atoms with Gasteiger partial charge in [0.25, 0.3) is 0 Å². The number of hydrogen-bond acceptors (Lipinski definition) is 1. The molecule has 2 aliphatic rings. The quantitative estimate of drug-likeness (QED) is 0.674. The smallest absolute Gasteiger partial charge is 0.222 e. The predicted octanol–water partition coefficient (Wildman–Crippen LogP) is 2.48. The summed E-state index contributed by atoms with van der Waals surface area (Å²) in [7, 11) is 1.90. The van der Waals surface area contributed by atoms with Gasteiger partial charge < -0.3 is 4.90 Å². The summed E-state index contributed by atoms with van der Waals surface area (Å²) >= 11 is 0. The lowest BCUT2D eigenvalue weighted by atomic mass is 9.74. The molecule has 17 heavy (non-hydrogen) atoms. The maximum atomic E-state index is 13.2. The highest BCUT2D eigenvalue weighted by Gasteiger charge is 2.37. The van der Waals surface area contributed by atoms with E-state index < -0.39 is 0 Å². The van der Waals surface area contributed by atoms with Gasteiger partial charge in [-0.2, -0.15) is 0 Å². The molecule has 1 aromatic carbocycles. The van der Waals surface area contributed by atoms with Gasteiger partial charge in [0.2, 0.25) is 5.91 Å². The molecule has 1 saturated heterocycles. The summed E-state index contributed by atoms with van der Waals surface area (Å²) < 4.78 is 13.2. The normalized spacial score (nSPS) is 27.6. The summed E-state index contributed by atoms with van der Waals surface area (Å²) in [5.74, 6) is 0.501. The van der Waals surface area contributed by atoms with Crippen LogP contribution in [0.5, 0.6) is 0 Å². The summed E-state index contributed by atoms with van der Waals surface area (Å²) in [6, 6.07) is 5.42. The molecule has 0 saturated carbocycles. The molecule has 1 aliphatic carbocycles. The van der Waals surface area contributed by atoms with Crippen molar-refractivity contribution >= 4 is 5.91 Å². The third-order valence-electron chi connectivity index (χ3n) is 4.24. The second kappa shape index (κ2) is 3.83. The van der Waals surface area contributed by atoms with Crippen LogP contribution in [-0.2, 0) is 11.2 Å². The molecule has 0 radical (unpaired) electrons. The third-order valence-corrected chi connectivity index (χ3v) is 4.24. The lowest BCUT2D eigenvalue weighted by molar-refractivity contribution is -0.135. The van der Waals surface area contributed by atoms with Crippen LogP contribution in [0.1, 0.15) is 36.3 Å². The first kappa shape index (κ1) is 10.8. The van der Waals surface area contributed by atoms with E-state index in [2.05, 4.69) is 0 Å². The topological polar surface area (TPSA) is 20.3 Å². The highest BCUT2D eigenvalue weighted by Crippen LogP contribution is 2.40. The van der Waals surface area contributed by atoms with Crippen LogP contribution >= 0.6 is 0 Å². The minimum Gasteiger partial charge on any atom is -0.342 e. The molecule has 0 spiro atoms. The van der Waals surface area contributed by atoms with Gasteiger partial charge >= 0.3 is 0 Å². The van der Waals surface area contributed by atoms with Crippen LogP contribution in [0.25, 0.3) is 0 Å². The Hall–Kier alpha value is -1.38. The number of benzene rings is 1. The van der Waals surface area contributed by atoms with Gasteiger partial charge in [-0.15, -0.1) is 0 Å². The number of likely N-dealkylation sites (N-methyl/N-ethyl adjacent to an activating group) is 1. The monoisotopic (exact) mass is 233 g/mol. The standard InChI is InChI=1S/C14H16FNO/c1-16-13-6-2-9-8-10(15)3-4-11(9)12(13)5-7-14(16)17/h3-4,8,12-13H,2,5-7H2,1H3/t12-,13-/m1/s1. The molecule has 0 aromatic heterocycles. The molecule has 0 N–H and O–H groups in total. The second-order valence-electron chi connectivity index (χ2n) is 5.10. The van der Waals surface area contributed by atoms with Crippen LogP contribution in [0.2, 0.25) is 0 Å². The Balaban J connectivity index is 1.99. The molecule has 0 bridgehead atoms. The van der Waals surface area contributed by atoms with E-state index in [1.807, 2.05) is 18.0 Å². The molecule has 1 fully saturated rings. The SMILES string of the molecule is CN1C(=O)CC[C@@H]2c3ccc(F)cc3CC[C@H]21. The maximum absolute atomic E-state index is 13.2. The fraction of sp³-hybridized carbons (Fsp3) is 0.500. The van der Waals surface area contributed by atoms with Crippen molar-refractivity contribution < 1.29 is 9.18 Å². The number of piperidine rings is 1. The van der Waals surface area contributed by atoms with E-state index in [0.717, 1.165) is 24.8 Å². The van der Waals surface area contributed by atoms with E-state index in [4.69, 9.17) is 0 Å². The van der Waals surface area contributed by atoms with Gasteiger partial charge in [-0.05, 0) is 42.5 Å². The molecule has 2 nitrogen and oxygen atoms in total. The van der Waals surface area contributed by atoms with Crippen molar-refractivity contribution in [2.75, 3.05) is 7.05 Å². The van der Waals surface area contributed by atoms with E-state index in [0.29, 0.717) is 18.4 Å². The van der Waals surface area contributed by atoms with Gasteiger partial charge in [-0.3, -0.25) is 4.79 Å². The first-order chi connectivity index (χ1) is 8.16. The van der Waals surface area contributed by atoms with Crippen molar-refractivity contribution in [3.05, 3.63) is 35.1 Å². The molecule has 1 amide bonds. The van der Waals surface area contributed by atoms with E-state index in [-0.39, 0.29) is 11.7 Å². The number of aryl methyl sites for hydroxylation is 1. The zero-order valence-electron chi connectivity index (χ0n) is 9.95. The second-order valence-corrected chi connectivity index (χ2v) is 5.10. The average molecular weight is 233 g/mol. The number of amides is 1. The van der Waals surface area contributed by atoms with Crippen LogP contribution < -0.4 is 0 Å². The van der Waals surface area contributed by atoms with Gasteiger partial charge in [0.05, 0.1) is 0 Å². The molecule has 3 heteroatoms. The summed E-state index contributed by atoms with van der Waals surface area (Å²) in [5.41, 5.74) is 2.39. The Morgan fingerprint density at radius 2 is 2.12 bits per heavy atom. The van der Waals surface area contributed by atoms with E-state index in [9.17, 15) is 9.18 Å². The maximum Gasteiger partial charge on any atom is 0.222 e. The molecule has 1 aromatic rings. The van der Waals surface area contributed by atoms with Crippen LogP contribution in [0.3, 0.4) is 0 Å². The summed E-state index contributed by atoms with van der Waals surface area (Å²) in [4.78, 5) is 13.6. The van der Waals surface area contributed by atoms with E-state index in [1.54, 1.807) is 6.07 Å². The van der Waals surface area contributed by atoms with Crippen molar-refractivity contribution in [3.63, 3.8) is 0 Å². The summed E-state index contributed by atoms with van der Waals surface area (Å²) in [5, 5.41) is 0. The van der Waals surface area contributed by atoms with Crippen LogP contribution in [0.4, 0.5) is 4.39 Å². The van der Waals surface area contributed by atoms with Crippen molar-refractivity contribution in [1.82, 2.24) is 4.90 Å².